The summed E-state index contributed by atoms with van der Waals surface area (Å²) in [5.74, 6) is 0.703. The van der Waals surface area contributed by atoms with Gasteiger partial charge in [0.25, 0.3) is 0 Å². The SMILES string of the molecule is CC1CCC(C(=O)Oc2ccc(OCC(F)(F)F)cc2)CC1. The van der Waals surface area contributed by atoms with Gasteiger partial charge in [0, 0.05) is 0 Å². The van der Waals surface area contributed by atoms with Crippen LogP contribution in [0.25, 0.3) is 0 Å². The number of carbonyl (C=O) groups is 1. The van der Waals surface area contributed by atoms with Gasteiger partial charge in [-0.05, 0) is 55.9 Å². The lowest BCUT2D eigenvalue weighted by molar-refractivity contribution is -0.153. The average Bonchev–Trinajstić information content (AvgIpc) is 2.46. The van der Waals surface area contributed by atoms with Gasteiger partial charge in [-0.25, -0.2) is 0 Å². The summed E-state index contributed by atoms with van der Waals surface area (Å²) in [5.41, 5.74) is 0. The van der Waals surface area contributed by atoms with Crippen LogP contribution in [0.1, 0.15) is 32.6 Å². The minimum atomic E-state index is -4.37. The number of alkyl halides is 3. The molecule has 3 nitrogen and oxygen atoms in total. The third kappa shape index (κ3) is 5.24. The maximum absolute atomic E-state index is 12.0. The number of esters is 1. The first-order chi connectivity index (χ1) is 10.3. The van der Waals surface area contributed by atoms with E-state index in [1.807, 2.05) is 0 Å². The van der Waals surface area contributed by atoms with Crippen molar-refractivity contribution in [3.05, 3.63) is 24.3 Å². The van der Waals surface area contributed by atoms with Gasteiger partial charge in [0.2, 0.25) is 0 Å². The molecule has 1 aromatic rings. The van der Waals surface area contributed by atoms with Crippen molar-refractivity contribution in [1.29, 1.82) is 0 Å². The molecule has 0 bridgehead atoms. The third-order valence-corrected chi connectivity index (χ3v) is 3.79. The molecule has 22 heavy (non-hydrogen) atoms. The van der Waals surface area contributed by atoms with Gasteiger partial charge in [-0.2, -0.15) is 13.2 Å². The monoisotopic (exact) mass is 316 g/mol. The van der Waals surface area contributed by atoms with Crippen LogP contribution in [0.3, 0.4) is 0 Å². The summed E-state index contributed by atoms with van der Waals surface area (Å²) in [4.78, 5) is 12.0. The Bertz CT molecular complexity index is 488. The van der Waals surface area contributed by atoms with Crippen molar-refractivity contribution in [3.63, 3.8) is 0 Å². The molecule has 0 radical (unpaired) electrons. The molecule has 0 aromatic heterocycles. The van der Waals surface area contributed by atoms with E-state index in [0.29, 0.717) is 11.7 Å². The lowest BCUT2D eigenvalue weighted by Crippen LogP contribution is -2.24. The Balaban J connectivity index is 1.84. The number of hydrogen-bond donors (Lipinski definition) is 0. The number of ether oxygens (including phenoxy) is 2. The Hall–Kier alpha value is -1.72. The summed E-state index contributed by atoms with van der Waals surface area (Å²) in [7, 11) is 0. The lowest BCUT2D eigenvalue weighted by Gasteiger charge is -2.24. The number of rotatable bonds is 4. The number of halogens is 3. The van der Waals surface area contributed by atoms with Crippen molar-refractivity contribution in [3.8, 4) is 11.5 Å². The smallest absolute Gasteiger partial charge is 0.422 e. The van der Waals surface area contributed by atoms with Gasteiger partial charge in [-0.15, -0.1) is 0 Å². The first kappa shape index (κ1) is 16.6. The Labute approximate surface area is 127 Å². The first-order valence-electron chi connectivity index (χ1n) is 7.35. The highest BCUT2D eigenvalue weighted by Gasteiger charge is 2.28. The number of benzene rings is 1. The van der Waals surface area contributed by atoms with Crippen molar-refractivity contribution in [2.45, 2.75) is 38.8 Å². The summed E-state index contributed by atoms with van der Waals surface area (Å²) in [6.07, 6.45) is -0.684. The van der Waals surface area contributed by atoms with Gasteiger partial charge in [0.05, 0.1) is 5.92 Å². The minimum absolute atomic E-state index is 0.0858. The summed E-state index contributed by atoms with van der Waals surface area (Å²) in [6, 6.07) is 5.60. The first-order valence-corrected chi connectivity index (χ1v) is 7.35. The van der Waals surface area contributed by atoms with Crippen LogP contribution >= 0.6 is 0 Å². The van der Waals surface area contributed by atoms with Gasteiger partial charge >= 0.3 is 12.1 Å². The van der Waals surface area contributed by atoms with Crippen LogP contribution in [0.15, 0.2) is 24.3 Å². The van der Waals surface area contributed by atoms with E-state index in [1.54, 1.807) is 0 Å². The molecular formula is C16H19F3O3. The molecule has 0 saturated heterocycles. The van der Waals surface area contributed by atoms with Gasteiger partial charge in [-0.1, -0.05) is 6.92 Å². The zero-order chi connectivity index (χ0) is 16.2. The predicted molar refractivity (Wildman–Crippen MR) is 74.7 cm³/mol. The fourth-order valence-corrected chi connectivity index (χ4v) is 2.46. The standard InChI is InChI=1S/C16H19F3O3/c1-11-2-4-12(5-3-11)15(20)22-14-8-6-13(7-9-14)21-10-16(17,18)19/h6-9,11-12H,2-5,10H2,1H3. The van der Waals surface area contributed by atoms with Crippen LogP contribution in [0.2, 0.25) is 0 Å². The molecule has 0 spiro atoms. The second-order valence-corrected chi connectivity index (χ2v) is 5.75. The van der Waals surface area contributed by atoms with Crippen LogP contribution < -0.4 is 9.47 Å². The second kappa shape index (κ2) is 7.03. The van der Waals surface area contributed by atoms with Crippen molar-refractivity contribution >= 4 is 5.97 Å². The molecule has 1 aromatic carbocycles. The van der Waals surface area contributed by atoms with Crippen LogP contribution in [0, 0.1) is 11.8 Å². The molecule has 2 rings (SSSR count). The van der Waals surface area contributed by atoms with Crippen molar-refractivity contribution in [2.75, 3.05) is 6.61 Å². The van der Waals surface area contributed by atoms with E-state index in [-0.39, 0.29) is 17.6 Å². The molecule has 1 fully saturated rings. The molecule has 0 amide bonds. The van der Waals surface area contributed by atoms with E-state index < -0.39 is 12.8 Å². The van der Waals surface area contributed by atoms with E-state index >= 15 is 0 Å². The minimum Gasteiger partial charge on any atom is -0.484 e. The van der Waals surface area contributed by atoms with Crippen LogP contribution in [-0.4, -0.2) is 18.8 Å². The second-order valence-electron chi connectivity index (χ2n) is 5.75. The molecule has 0 atom stereocenters. The molecule has 0 aliphatic heterocycles. The highest BCUT2D eigenvalue weighted by molar-refractivity contribution is 5.75. The number of hydrogen-bond acceptors (Lipinski definition) is 3. The summed E-state index contributed by atoms with van der Waals surface area (Å²) in [6.45, 7) is 0.827. The van der Waals surface area contributed by atoms with E-state index in [0.717, 1.165) is 25.7 Å². The normalized spacial score (nSPS) is 22.2. The molecule has 1 aliphatic rings. The molecule has 1 aliphatic carbocycles. The van der Waals surface area contributed by atoms with Gasteiger partial charge in [0.15, 0.2) is 6.61 Å². The molecule has 0 unspecified atom stereocenters. The zero-order valence-electron chi connectivity index (χ0n) is 12.4. The summed E-state index contributed by atoms with van der Waals surface area (Å²) < 4.78 is 46.0. The highest BCUT2D eigenvalue weighted by atomic mass is 19.4. The van der Waals surface area contributed by atoms with Gasteiger partial charge in [0.1, 0.15) is 11.5 Å². The average molecular weight is 316 g/mol. The largest absolute Gasteiger partial charge is 0.484 e. The van der Waals surface area contributed by atoms with Crippen molar-refractivity contribution < 1.29 is 27.4 Å². The maximum Gasteiger partial charge on any atom is 0.422 e. The van der Waals surface area contributed by atoms with E-state index in [4.69, 9.17) is 4.74 Å². The van der Waals surface area contributed by atoms with Crippen LogP contribution in [0.5, 0.6) is 11.5 Å². The Morgan fingerprint density at radius 2 is 1.64 bits per heavy atom. The van der Waals surface area contributed by atoms with Gasteiger partial charge in [-0.3, -0.25) is 4.79 Å². The Morgan fingerprint density at radius 3 is 2.18 bits per heavy atom. The fourth-order valence-electron chi connectivity index (χ4n) is 2.46. The Kier molecular flexibility index (Phi) is 5.32. The predicted octanol–water partition coefficient (Wildman–Crippen LogP) is 4.36. The topological polar surface area (TPSA) is 35.5 Å². The van der Waals surface area contributed by atoms with Crippen molar-refractivity contribution in [1.82, 2.24) is 0 Å². The molecular weight excluding hydrogens is 297 g/mol. The molecule has 0 N–H and O–H groups in total. The summed E-state index contributed by atoms with van der Waals surface area (Å²) in [5, 5.41) is 0. The quantitative estimate of drug-likeness (QED) is 0.611. The maximum atomic E-state index is 12.0. The molecule has 122 valence electrons. The van der Waals surface area contributed by atoms with Crippen molar-refractivity contribution in [2.24, 2.45) is 11.8 Å². The van der Waals surface area contributed by atoms with Crippen LogP contribution in [-0.2, 0) is 4.79 Å². The molecule has 6 heteroatoms. The fraction of sp³-hybridized carbons (Fsp3) is 0.562. The number of carbonyl (C=O) groups excluding carboxylic acids is 1. The molecule has 1 saturated carbocycles. The Morgan fingerprint density at radius 1 is 1.09 bits per heavy atom. The van der Waals surface area contributed by atoms with Gasteiger partial charge < -0.3 is 9.47 Å². The summed E-state index contributed by atoms with van der Waals surface area (Å²) >= 11 is 0. The highest BCUT2D eigenvalue weighted by Crippen LogP contribution is 2.30. The van der Waals surface area contributed by atoms with E-state index in [9.17, 15) is 18.0 Å². The zero-order valence-corrected chi connectivity index (χ0v) is 12.4. The lowest BCUT2D eigenvalue weighted by atomic mass is 9.83. The molecule has 0 heterocycles. The van der Waals surface area contributed by atoms with E-state index in [2.05, 4.69) is 11.7 Å². The third-order valence-electron chi connectivity index (χ3n) is 3.79. The van der Waals surface area contributed by atoms with Crippen LogP contribution in [0.4, 0.5) is 13.2 Å². The van der Waals surface area contributed by atoms with E-state index in [1.165, 1.54) is 24.3 Å².